The molecule has 163 valence electrons. The average Bonchev–Trinajstić information content (AvgIpc) is 2.62. The van der Waals surface area contributed by atoms with Gasteiger partial charge >= 0.3 is 17.9 Å². The van der Waals surface area contributed by atoms with Gasteiger partial charge < -0.3 is 20.1 Å². The smallest absolute Gasteiger partial charge is 0.317 e. The fourth-order valence-corrected chi connectivity index (χ4v) is 3.10. The molecule has 12 heteroatoms. The van der Waals surface area contributed by atoms with Crippen molar-refractivity contribution in [3.8, 4) is 0 Å². The van der Waals surface area contributed by atoms with Gasteiger partial charge in [0, 0.05) is 58.9 Å². The molecule has 0 aromatic heterocycles. The summed E-state index contributed by atoms with van der Waals surface area (Å²) >= 11 is 0. The van der Waals surface area contributed by atoms with Crippen molar-refractivity contribution in [2.24, 2.45) is 0 Å². The molecule has 0 atom stereocenters. The SMILES string of the molecule is C[B]C(=O)CN1CCN(CC(=O)O)CCN(CC(=O)O)CCN(CC(=O)O)CC1. The first kappa shape index (κ1) is 25.0. The van der Waals surface area contributed by atoms with Crippen LogP contribution in [0.2, 0.25) is 6.82 Å². The Kier molecular flexibility index (Phi) is 11.4. The number of hydrogen-bond acceptors (Lipinski definition) is 8. The summed E-state index contributed by atoms with van der Waals surface area (Å²) in [6, 6.07) is 0. The van der Waals surface area contributed by atoms with Crippen LogP contribution in [0.4, 0.5) is 0 Å². The topological polar surface area (TPSA) is 142 Å². The molecule has 0 bridgehead atoms. The Bertz CT molecular complexity index is 546. The monoisotopic (exact) mass is 413 g/mol. The number of hydrogen-bond donors (Lipinski definition) is 3. The van der Waals surface area contributed by atoms with Gasteiger partial charge in [-0.3, -0.25) is 34.0 Å². The van der Waals surface area contributed by atoms with Crippen LogP contribution in [0, 0.1) is 0 Å². The number of carboxylic acid groups (broad SMARTS) is 3. The maximum Gasteiger partial charge on any atom is 0.317 e. The van der Waals surface area contributed by atoms with E-state index in [0.29, 0.717) is 52.4 Å². The van der Waals surface area contributed by atoms with Gasteiger partial charge in [-0.2, -0.15) is 0 Å². The lowest BCUT2D eigenvalue weighted by Gasteiger charge is -2.32. The van der Waals surface area contributed by atoms with E-state index >= 15 is 0 Å². The number of carbonyl (C=O) groups is 4. The number of rotatable bonds is 9. The highest BCUT2D eigenvalue weighted by molar-refractivity contribution is 6.73. The molecule has 0 saturated carbocycles. The van der Waals surface area contributed by atoms with Crippen molar-refractivity contribution < 1.29 is 34.5 Å². The van der Waals surface area contributed by atoms with Crippen LogP contribution in [0.5, 0.6) is 0 Å². The van der Waals surface area contributed by atoms with E-state index in [1.807, 2.05) is 4.90 Å². The zero-order valence-electron chi connectivity index (χ0n) is 16.8. The molecule has 1 aliphatic rings. The van der Waals surface area contributed by atoms with Crippen LogP contribution >= 0.6 is 0 Å². The van der Waals surface area contributed by atoms with Gasteiger partial charge in [0.25, 0.3) is 0 Å². The Morgan fingerprint density at radius 2 is 0.828 bits per heavy atom. The van der Waals surface area contributed by atoms with Crippen molar-refractivity contribution in [2.45, 2.75) is 6.82 Å². The summed E-state index contributed by atoms with van der Waals surface area (Å²) in [7, 11) is 1.48. The zero-order chi connectivity index (χ0) is 21.8. The minimum atomic E-state index is -0.993. The third-order valence-electron chi connectivity index (χ3n) is 4.71. The summed E-state index contributed by atoms with van der Waals surface area (Å²) in [4.78, 5) is 52.3. The van der Waals surface area contributed by atoms with Gasteiger partial charge in [-0.05, 0) is 0 Å². The fourth-order valence-electron chi connectivity index (χ4n) is 3.10. The predicted octanol–water partition coefficient (Wildman–Crippen LogP) is -2.26. The van der Waals surface area contributed by atoms with Crippen LogP contribution in [-0.2, 0) is 19.2 Å². The van der Waals surface area contributed by atoms with E-state index in [1.54, 1.807) is 21.5 Å². The molecule has 29 heavy (non-hydrogen) atoms. The summed E-state index contributed by atoms with van der Waals surface area (Å²) in [6.45, 7) is 4.43. The molecule has 1 fully saturated rings. The molecule has 0 aromatic rings. The lowest BCUT2D eigenvalue weighted by molar-refractivity contribution is -0.140. The van der Waals surface area contributed by atoms with Crippen molar-refractivity contribution in [2.75, 3.05) is 78.5 Å². The summed E-state index contributed by atoms with van der Waals surface area (Å²) < 4.78 is 0. The second kappa shape index (κ2) is 13.3. The molecule has 1 rings (SSSR count). The summed E-state index contributed by atoms with van der Waals surface area (Å²) in [5.41, 5.74) is -0.0562. The van der Waals surface area contributed by atoms with Gasteiger partial charge in [0.2, 0.25) is 7.28 Å². The van der Waals surface area contributed by atoms with Gasteiger partial charge in [0.1, 0.15) is 0 Å². The number of carboxylic acids is 3. The summed E-state index contributed by atoms with van der Waals surface area (Å²) in [6.07, 6.45) is 0. The van der Waals surface area contributed by atoms with E-state index in [-0.39, 0.29) is 31.9 Å². The molecule has 1 radical (unpaired) electrons. The minimum Gasteiger partial charge on any atom is -0.480 e. The Hall–Kier alpha value is -2.02. The van der Waals surface area contributed by atoms with Crippen LogP contribution in [0.15, 0.2) is 0 Å². The molecule has 0 spiro atoms. The first-order valence-electron chi connectivity index (χ1n) is 9.56. The number of aliphatic carboxylic acids is 3. The normalized spacial score (nSPS) is 19.1. The van der Waals surface area contributed by atoms with E-state index < -0.39 is 17.9 Å². The van der Waals surface area contributed by atoms with Crippen LogP contribution in [0.3, 0.4) is 0 Å². The largest absolute Gasteiger partial charge is 0.480 e. The first-order valence-corrected chi connectivity index (χ1v) is 9.56. The highest BCUT2D eigenvalue weighted by atomic mass is 16.4. The predicted molar refractivity (Wildman–Crippen MR) is 105 cm³/mol. The van der Waals surface area contributed by atoms with Crippen LogP contribution in [0.25, 0.3) is 0 Å². The first-order chi connectivity index (χ1) is 13.7. The van der Waals surface area contributed by atoms with Crippen molar-refractivity contribution in [1.29, 1.82) is 0 Å². The Balaban J connectivity index is 2.92. The van der Waals surface area contributed by atoms with Gasteiger partial charge in [-0.25, -0.2) is 0 Å². The number of nitrogens with zero attached hydrogens (tertiary/aromatic N) is 4. The molecule has 11 nitrogen and oxygen atoms in total. The Labute approximate surface area is 171 Å². The lowest BCUT2D eigenvalue weighted by Crippen LogP contribution is -2.49. The number of carbonyl (C=O) groups excluding carboxylic acids is 1. The summed E-state index contributed by atoms with van der Waals surface area (Å²) in [5.74, 6) is -2.94. The second-order valence-electron chi connectivity index (χ2n) is 7.04. The molecular formula is C17H30BN4O7. The van der Waals surface area contributed by atoms with Gasteiger partial charge in [0.05, 0.1) is 25.3 Å². The fraction of sp³-hybridized carbons (Fsp3) is 0.765. The highest BCUT2D eigenvalue weighted by Crippen LogP contribution is 2.01. The molecule has 3 N–H and O–H groups in total. The third kappa shape index (κ3) is 11.5. The lowest BCUT2D eigenvalue weighted by atomic mass is 9.76. The quantitative estimate of drug-likeness (QED) is 0.353. The van der Waals surface area contributed by atoms with Crippen molar-refractivity contribution in [3.63, 3.8) is 0 Å². The van der Waals surface area contributed by atoms with Crippen LogP contribution in [0.1, 0.15) is 0 Å². The zero-order valence-corrected chi connectivity index (χ0v) is 16.8. The molecule has 1 saturated heterocycles. The summed E-state index contributed by atoms with van der Waals surface area (Å²) in [5, 5.41) is 27.4. The molecule has 0 aliphatic carbocycles. The van der Waals surface area contributed by atoms with Crippen molar-refractivity contribution in [3.05, 3.63) is 0 Å². The second-order valence-corrected chi connectivity index (χ2v) is 7.04. The van der Waals surface area contributed by atoms with E-state index in [2.05, 4.69) is 0 Å². The van der Waals surface area contributed by atoms with Crippen molar-refractivity contribution >= 4 is 30.9 Å². The maximum atomic E-state index is 11.8. The van der Waals surface area contributed by atoms with Crippen molar-refractivity contribution in [1.82, 2.24) is 19.6 Å². The van der Waals surface area contributed by atoms with Crippen LogP contribution < -0.4 is 0 Å². The average molecular weight is 413 g/mol. The molecule has 1 aliphatic heterocycles. The third-order valence-corrected chi connectivity index (χ3v) is 4.71. The molecule has 0 aromatic carbocycles. The molecular weight excluding hydrogens is 383 g/mol. The van der Waals surface area contributed by atoms with Gasteiger partial charge in [0.15, 0.2) is 0 Å². The Morgan fingerprint density at radius 1 is 0.586 bits per heavy atom. The maximum absolute atomic E-state index is 11.8. The van der Waals surface area contributed by atoms with Gasteiger partial charge in [-0.1, -0.05) is 6.82 Å². The van der Waals surface area contributed by atoms with Crippen LogP contribution in [-0.4, -0.2) is 144 Å². The van der Waals surface area contributed by atoms with E-state index in [0.717, 1.165) is 0 Å². The minimum absolute atomic E-state index is 0.0562. The Morgan fingerprint density at radius 3 is 1.03 bits per heavy atom. The van der Waals surface area contributed by atoms with E-state index in [9.17, 15) is 19.2 Å². The molecule has 0 unspecified atom stereocenters. The van der Waals surface area contributed by atoms with E-state index in [4.69, 9.17) is 15.3 Å². The standard InChI is InChI=1S/C17H30BN4O7/c1-18-14(23)10-19-2-4-20(11-15(24)25)6-8-22(13-17(28)29)9-7-21(5-3-19)12-16(26)27/h2-13H2,1H3,(H,24,25)(H,26,27)(H,28,29). The van der Waals surface area contributed by atoms with E-state index in [1.165, 1.54) is 7.28 Å². The molecule has 1 heterocycles. The highest BCUT2D eigenvalue weighted by Gasteiger charge is 2.20. The molecule has 0 amide bonds. The van der Waals surface area contributed by atoms with Gasteiger partial charge in [-0.15, -0.1) is 0 Å².